The van der Waals surface area contributed by atoms with Crippen molar-refractivity contribution >= 4 is 5.57 Å². The van der Waals surface area contributed by atoms with Crippen LogP contribution in [0.1, 0.15) is 31.4 Å². The van der Waals surface area contributed by atoms with Crippen LogP contribution in [0.15, 0.2) is 65.9 Å². The van der Waals surface area contributed by atoms with Crippen LogP contribution in [0, 0.1) is 11.8 Å². The van der Waals surface area contributed by atoms with E-state index in [0.717, 1.165) is 6.42 Å². The van der Waals surface area contributed by atoms with Crippen LogP contribution in [0.5, 0.6) is 0 Å². The van der Waals surface area contributed by atoms with Crippen molar-refractivity contribution in [3.05, 3.63) is 77.0 Å². The van der Waals surface area contributed by atoms with Gasteiger partial charge >= 0.3 is 0 Å². The van der Waals surface area contributed by atoms with E-state index in [1.165, 1.54) is 22.4 Å². The number of allylic oxidation sites excluding steroid dienone is 5. The number of nitrogens with one attached hydrogen (secondary N) is 1. The lowest BCUT2D eigenvalue weighted by Gasteiger charge is -2.31. The Morgan fingerprint density at radius 2 is 1.91 bits per heavy atom. The molecule has 1 aromatic rings. The molecule has 1 heterocycles. The summed E-state index contributed by atoms with van der Waals surface area (Å²) in [5, 5.41) is 3.77. The monoisotopic (exact) mass is 287 g/mol. The number of benzene rings is 1. The van der Waals surface area contributed by atoms with Gasteiger partial charge in [0.25, 0.3) is 0 Å². The molecule has 0 spiro atoms. The number of hydrogen-bond acceptors (Lipinski definition) is 1. The summed E-state index contributed by atoms with van der Waals surface area (Å²) in [7, 11) is 0. The fourth-order valence-electron chi connectivity index (χ4n) is 4.86. The van der Waals surface area contributed by atoms with E-state index in [2.05, 4.69) is 73.8 Å². The first kappa shape index (κ1) is 12.5. The molecule has 1 aromatic carbocycles. The van der Waals surface area contributed by atoms with E-state index >= 15 is 0 Å². The Balaban J connectivity index is 1.66. The smallest absolute Gasteiger partial charge is 0.0548 e. The lowest BCUT2D eigenvalue weighted by molar-refractivity contribution is 0.401. The van der Waals surface area contributed by atoms with Gasteiger partial charge in [0, 0.05) is 11.6 Å². The second kappa shape index (κ2) is 4.04. The molecule has 3 atom stereocenters. The molecule has 3 unspecified atom stereocenters. The van der Waals surface area contributed by atoms with Crippen molar-refractivity contribution in [3.8, 4) is 0 Å². The lowest BCUT2D eigenvalue weighted by Crippen LogP contribution is -2.29. The second-order valence-electron chi connectivity index (χ2n) is 7.52. The van der Waals surface area contributed by atoms with Crippen molar-refractivity contribution in [1.29, 1.82) is 0 Å². The minimum atomic E-state index is 0.224. The zero-order chi connectivity index (χ0) is 14.9. The molecule has 1 aliphatic heterocycles. The molecule has 4 aliphatic rings. The fraction of sp³-hybridized carbons (Fsp3) is 0.333. The van der Waals surface area contributed by atoms with Crippen LogP contribution in [0.3, 0.4) is 0 Å². The van der Waals surface area contributed by atoms with Gasteiger partial charge in [-0.25, -0.2) is 0 Å². The molecule has 1 heteroatoms. The standard InChI is InChI=1S/C21H21N/c1-21(2)17-9-5-3-7-13(17)15-11-16-14-8-4-6-10-19(14)22-20(16)12-18(15)21/h3-11,14,18-19,22H,12H2,1-2H3. The third kappa shape index (κ3) is 1.44. The third-order valence-electron chi connectivity index (χ3n) is 6.08. The largest absolute Gasteiger partial charge is 0.381 e. The maximum absolute atomic E-state index is 3.77. The van der Waals surface area contributed by atoms with Crippen molar-refractivity contribution in [2.75, 3.05) is 0 Å². The summed E-state index contributed by atoms with van der Waals surface area (Å²) in [4.78, 5) is 0. The van der Waals surface area contributed by atoms with E-state index in [4.69, 9.17) is 0 Å². The highest BCUT2D eigenvalue weighted by atomic mass is 15.0. The van der Waals surface area contributed by atoms with Gasteiger partial charge in [-0.2, -0.15) is 0 Å². The van der Waals surface area contributed by atoms with Crippen molar-refractivity contribution < 1.29 is 0 Å². The van der Waals surface area contributed by atoms with E-state index in [0.29, 0.717) is 17.9 Å². The first-order valence-electron chi connectivity index (χ1n) is 8.32. The molecule has 0 amide bonds. The topological polar surface area (TPSA) is 12.0 Å². The van der Waals surface area contributed by atoms with Crippen molar-refractivity contribution in [2.45, 2.75) is 31.7 Å². The maximum atomic E-state index is 3.77. The van der Waals surface area contributed by atoms with Gasteiger partial charge in [-0.05, 0) is 40.0 Å². The number of fused-ring (bicyclic) bond motifs is 5. The summed E-state index contributed by atoms with van der Waals surface area (Å²) in [5.41, 5.74) is 7.77. The minimum Gasteiger partial charge on any atom is -0.381 e. The van der Waals surface area contributed by atoms with E-state index in [9.17, 15) is 0 Å². The van der Waals surface area contributed by atoms with Gasteiger partial charge in [-0.1, -0.05) is 68.5 Å². The molecule has 1 nitrogen and oxygen atoms in total. The predicted molar refractivity (Wildman–Crippen MR) is 91.3 cm³/mol. The predicted octanol–water partition coefficient (Wildman–Crippen LogP) is 4.35. The summed E-state index contributed by atoms with van der Waals surface area (Å²) in [6, 6.07) is 9.46. The molecular formula is C21H21N. The molecule has 0 radical (unpaired) electrons. The lowest BCUT2D eigenvalue weighted by atomic mass is 9.72. The highest BCUT2D eigenvalue weighted by Crippen LogP contribution is 2.55. The van der Waals surface area contributed by atoms with Crippen molar-refractivity contribution in [1.82, 2.24) is 5.32 Å². The highest BCUT2D eigenvalue weighted by Gasteiger charge is 2.46. The Morgan fingerprint density at radius 1 is 1.09 bits per heavy atom. The van der Waals surface area contributed by atoms with Crippen LogP contribution in [0.4, 0.5) is 0 Å². The van der Waals surface area contributed by atoms with E-state index in [-0.39, 0.29) is 5.41 Å². The molecule has 3 aliphatic carbocycles. The Labute approximate surface area is 132 Å². The summed E-state index contributed by atoms with van der Waals surface area (Å²) in [6.45, 7) is 4.81. The average Bonchev–Trinajstić information content (AvgIpc) is 3.00. The summed E-state index contributed by atoms with van der Waals surface area (Å²) >= 11 is 0. The van der Waals surface area contributed by atoms with Gasteiger partial charge < -0.3 is 5.32 Å². The quantitative estimate of drug-likeness (QED) is 0.748. The molecule has 0 aromatic heterocycles. The van der Waals surface area contributed by atoms with Crippen LogP contribution >= 0.6 is 0 Å². The molecule has 0 bridgehead atoms. The molecule has 5 rings (SSSR count). The van der Waals surface area contributed by atoms with Crippen LogP contribution in [0.2, 0.25) is 0 Å². The molecule has 110 valence electrons. The number of rotatable bonds is 0. The van der Waals surface area contributed by atoms with Gasteiger partial charge in [0.15, 0.2) is 0 Å². The third-order valence-corrected chi connectivity index (χ3v) is 6.08. The van der Waals surface area contributed by atoms with Crippen molar-refractivity contribution in [2.24, 2.45) is 11.8 Å². The Hall–Kier alpha value is -2.02. The number of hydrogen-bond donors (Lipinski definition) is 1. The average molecular weight is 287 g/mol. The maximum Gasteiger partial charge on any atom is 0.0548 e. The Kier molecular flexibility index (Phi) is 2.30. The van der Waals surface area contributed by atoms with Crippen LogP contribution in [0.25, 0.3) is 5.57 Å². The van der Waals surface area contributed by atoms with Crippen molar-refractivity contribution in [3.63, 3.8) is 0 Å². The molecular weight excluding hydrogens is 266 g/mol. The summed E-state index contributed by atoms with van der Waals surface area (Å²) in [6.07, 6.45) is 12.7. The zero-order valence-corrected chi connectivity index (χ0v) is 13.1. The summed E-state index contributed by atoms with van der Waals surface area (Å²) < 4.78 is 0. The van der Waals surface area contributed by atoms with Crippen LogP contribution in [-0.2, 0) is 5.41 Å². The van der Waals surface area contributed by atoms with Gasteiger partial charge in [0.05, 0.1) is 6.04 Å². The Bertz CT molecular complexity index is 788. The summed E-state index contributed by atoms with van der Waals surface area (Å²) in [5.74, 6) is 1.12. The van der Waals surface area contributed by atoms with Crippen LogP contribution < -0.4 is 5.32 Å². The van der Waals surface area contributed by atoms with E-state index in [1.807, 2.05) is 0 Å². The Morgan fingerprint density at radius 3 is 2.82 bits per heavy atom. The van der Waals surface area contributed by atoms with Gasteiger partial charge in [-0.15, -0.1) is 0 Å². The molecule has 0 fully saturated rings. The molecule has 0 saturated carbocycles. The molecule has 1 N–H and O–H groups in total. The minimum absolute atomic E-state index is 0.224. The first-order valence-corrected chi connectivity index (χ1v) is 8.32. The van der Waals surface area contributed by atoms with Gasteiger partial charge in [-0.3, -0.25) is 0 Å². The van der Waals surface area contributed by atoms with E-state index < -0.39 is 0 Å². The van der Waals surface area contributed by atoms with Gasteiger partial charge in [0.1, 0.15) is 0 Å². The normalized spacial score (nSPS) is 32.8. The van der Waals surface area contributed by atoms with E-state index in [1.54, 1.807) is 5.57 Å². The van der Waals surface area contributed by atoms with Crippen LogP contribution in [-0.4, -0.2) is 6.04 Å². The SMILES string of the molecule is CC1(C)c2ccccc2C2=CC3=C(CC21)NC1C=CC=CC31. The molecule has 22 heavy (non-hydrogen) atoms. The fourth-order valence-corrected chi connectivity index (χ4v) is 4.86. The second-order valence-corrected chi connectivity index (χ2v) is 7.52. The first-order chi connectivity index (χ1) is 10.7. The molecule has 0 saturated heterocycles. The highest BCUT2D eigenvalue weighted by molar-refractivity contribution is 5.81. The zero-order valence-electron chi connectivity index (χ0n) is 13.1. The van der Waals surface area contributed by atoms with Gasteiger partial charge in [0.2, 0.25) is 0 Å².